The van der Waals surface area contributed by atoms with Crippen LogP contribution in [0.1, 0.15) is 37.3 Å². The lowest BCUT2D eigenvalue weighted by atomic mass is 10.0. The van der Waals surface area contributed by atoms with E-state index >= 15 is 0 Å². The molecule has 0 unspecified atom stereocenters. The van der Waals surface area contributed by atoms with Crippen molar-refractivity contribution in [2.75, 3.05) is 0 Å². The summed E-state index contributed by atoms with van der Waals surface area (Å²) < 4.78 is 0. The molecule has 2 rings (SSSR count). The predicted molar refractivity (Wildman–Crippen MR) is 64.6 cm³/mol. The highest BCUT2D eigenvalue weighted by molar-refractivity contribution is 5.70. The van der Waals surface area contributed by atoms with Crippen LogP contribution in [-0.2, 0) is 0 Å². The van der Waals surface area contributed by atoms with Crippen LogP contribution in [0.2, 0.25) is 0 Å². The Bertz CT molecular complexity index is 413. The highest BCUT2D eigenvalue weighted by atomic mass is 16.3. The minimum atomic E-state index is 0.339. The van der Waals surface area contributed by atoms with Gasteiger partial charge in [0.05, 0.1) is 0 Å². The quantitative estimate of drug-likeness (QED) is 0.765. The van der Waals surface area contributed by atoms with Gasteiger partial charge in [-0.25, -0.2) is 0 Å². The fourth-order valence-corrected chi connectivity index (χ4v) is 1.95. The molecule has 1 aliphatic rings. The lowest BCUT2D eigenvalue weighted by molar-refractivity contribution is 0.475. The Labute approximate surface area is 90.8 Å². The van der Waals surface area contributed by atoms with Crippen LogP contribution in [0.3, 0.4) is 0 Å². The Hall–Kier alpha value is -1.50. The molecule has 78 valence electrons. The zero-order valence-electron chi connectivity index (χ0n) is 9.03. The first-order valence-corrected chi connectivity index (χ1v) is 5.48. The second-order valence-corrected chi connectivity index (χ2v) is 3.97. The van der Waals surface area contributed by atoms with E-state index in [0.29, 0.717) is 5.75 Å². The average Bonchev–Trinajstić information content (AvgIpc) is 2.40. The summed E-state index contributed by atoms with van der Waals surface area (Å²) in [7, 11) is 0. The van der Waals surface area contributed by atoms with Crippen molar-refractivity contribution < 1.29 is 5.11 Å². The van der Waals surface area contributed by atoms with Crippen molar-refractivity contribution in [1.82, 2.24) is 0 Å². The molecule has 1 aromatic carbocycles. The topological polar surface area (TPSA) is 20.2 Å². The van der Waals surface area contributed by atoms with Crippen molar-refractivity contribution in [3.05, 3.63) is 41.0 Å². The molecule has 0 saturated carbocycles. The van der Waals surface area contributed by atoms with Crippen molar-refractivity contribution >= 4 is 12.2 Å². The van der Waals surface area contributed by atoms with Gasteiger partial charge >= 0.3 is 0 Å². The molecule has 15 heavy (non-hydrogen) atoms. The van der Waals surface area contributed by atoms with Crippen molar-refractivity contribution in [1.29, 1.82) is 0 Å². The zero-order valence-corrected chi connectivity index (χ0v) is 9.03. The molecule has 1 nitrogen and oxygen atoms in total. The Morgan fingerprint density at radius 1 is 1.27 bits per heavy atom. The molecule has 1 N–H and O–H groups in total. The van der Waals surface area contributed by atoms with Gasteiger partial charge in [0.1, 0.15) is 5.75 Å². The first-order valence-electron chi connectivity index (χ1n) is 5.48. The summed E-state index contributed by atoms with van der Waals surface area (Å²) in [5.41, 5.74) is 3.80. The average molecular weight is 200 g/mol. The van der Waals surface area contributed by atoms with E-state index in [0.717, 1.165) is 18.4 Å². The number of rotatable bonds is 2. The monoisotopic (exact) mass is 200 g/mol. The summed E-state index contributed by atoms with van der Waals surface area (Å²) in [5, 5.41) is 9.39. The molecule has 0 aliphatic heterocycles. The maximum absolute atomic E-state index is 9.39. The maximum Gasteiger partial charge on any atom is 0.116 e. The summed E-state index contributed by atoms with van der Waals surface area (Å²) >= 11 is 0. The van der Waals surface area contributed by atoms with Crippen molar-refractivity contribution in [3.63, 3.8) is 0 Å². The van der Waals surface area contributed by atoms with Gasteiger partial charge in [0.15, 0.2) is 0 Å². The number of hydrogen-bond donors (Lipinski definition) is 1. The molecule has 0 amide bonds. The Kier molecular flexibility index (Phi) is 2.91. The van der Waals surface area contributed by atoms with Crippen LogP contribution < -0.4 is 0 Å². The first-order chi connectivity index (χ1) is 7.29. The summed E-state index contributed by atoms with van der Waals surface area (Å²) in [6.07, 6.45) is 9.89. The minimum Gasteiger partial charge on any atom is -0.508 e. The standard InChI is InChI=1S/C14H16O/c1-2-4-11-5-3-6-12-10-14(15)8-7-13(12)9-11/h3,6-10,15H,2,4-5H2,1H3. The summed E-state index contributed by atoms with van der Waals surface area (Å²) in [6.45, 7) is 2.20. The fraction of sp³-hybridized carbons (Fsp3) is 0.286. The molecule has 0 atom stereocenters. The largest absolute Gasteiger partial charge is 0.508 e. The highest BCUT2D eigenvalue weighted by Crippen LogP contribution is 2.26. The molecular weight excluding hydrogens is 184 g/mol. The molecule has 0 heterocycles. The van der Waals surface area contributed by atoms with Crippen molar-refractivity contribution in [2.45, 2.75) is 26.2 Å². The molecule has 1 aromatic rings. The molecule has 1 aliphatic carbocycles. The summed E-state index contributed by atoms with van der Waals surface area (Å²) in [4.78, 5) is 0. The van der Waals surface area contributed by atoms with Crippen LogP contribution >= 0.6 is 0 Å². The first kappa shape index (κ1) is 10.0. The third-order valence-corrected chi connectivity index (χ3v) is 2.68. The smallest absolute Gasteiger partial charge is 0.116 e. The number of phenolic OH excluding ortho intramolecular Hbond substituents is 1. The van der Waals surface area contributed by atoms with Crippen LogP contribution in [0, 0.1) is 0 Å². The van der Waals surface area contributed by atoms with Gasteiger partial charge < -0.3 is 5.11 Å². The van der Waals surface area contributed by atoms with Crippen LogP contribution in [0.25, 0.3) is 12.2 Å². The van der Waals surface area contributed by atoms with Crippen LogP contribution in [0.15, 0.2) is 29.8 Å². The van der Waals surface area contributed by atoms with Gasteiger partial charge in [0.2, 0.25) is 0 Å². The van der Waals surface area contributed by atoms with E-state index in [9.17, 15) is 5.11 Å². The van der Waals surface area contributed by atoms with Crippen LogP contribution in [0.5, 0.6) is 5.75 Å². The molecule has 0 fully saturated rings. The number of benzene rings is 1. The number of aromatic hydroxyl groups is 1. The van der Waals surface area contributed by atoms with Gasteiger partial charge in [-0.3, -0.25) is 0 Å². The fourth-order valence-electron chi connectivity index (χ4n) is 1.95. The second-order valence-electron chi connectivity index (χ2n) is 3.97. The minimum absolute atomic E-state index is 0.339. The van der Waals surface area contributed by atoms with E-state index in [-0.39, 0.29) is 0 Å². The number of hydrogen-bond acceptors (Lipinski definition) is 1. The van der Waals surface area contributed by atoms with E-state index in [2.05, 4.69) is 25.2 Å². The van der Waals surface area contributed by atoms with E-state index in [1.165, 1.54) is 17.6 Å². The predicted octanol–water partition coefficient (Wildman–Crippen LogP) is 3.99. The molecule has 0 radical (unpaired) electrons. The molecule has 0 aromatic heterocycles. The van der Waals surface area contributed by atoms with E-state index in [4.69, 9.17) is 0 Å². The Morgan fingerprint density at radius 3 is 2.93 bits per heavy atom. The summed E-state index contributed by atoms with van der Waals surface area (Å²) in [5.74, 6) is 0.339. The van der Waals surface area contributed by atoms with Crippen LogP contribution in [-0.4, -0.2) is 5.11 Å². The van der Waals surface area contributed by atoms with Gasteiger partial charge in [0, 0.05) is 0 Å². The van der Waals surface area contributed by atoms with E-state index in [1.807, 2.05) is 12.1 Å². The SMILES string of the molecule is CCCC1=Cc2ccc(O)cc2C=CC1. The Morgan fingerprint density at radius 2 is 2.13 bits per heavy atom. The van der Waals surface area contributed by atoms with Gasteiger partial charge in [-0.2, -0.15) is 0 Å². The summed E-state index contributed by atoms with van der Waals surface area (Å²) in [6, 6.07) is 5.55. The van der Waals surface area contributed by atoms with Crippen molar-refractivity contribution in [3.8, 4) is 5.75 Å². The van der Waals surface area contributed by atoms with E-state index < -0.39 is 0 Å². The lowest BCUT2D eigenvalue weighted by Crippen LogP contribution is -1.82. The second kappa shape index (κ2) is 4.35. The normalized spacial score (nSPS) is 14.3. The highest BCUT2D eigenvalue weighted by Gasteiger charge is 2.04. The molecular formula is C14H16O. The molecule has 1 heteroatoms. The lowest BCUT2D eigenvalue weighted by Gasteiger charge is -2.03. The zero-order chi connectivity index (χ0) is 10.7. The Balaban J connectivity index is 2.40. The number of allylic oxidation sites excluding steroid dienone is 2. The van der Waals surface area contributed by atoms with Gasteiger partial charge in [-0.15, -0.1) is 0 Å². The van der Waals surface area contributed by atoms with Crippen LogP contribution in [0.4, 0.5) is 0 Å². The maximum atomic E-state index is 9.39. The third kappa shape index (κ3) is 2.30. The van der Waals surface area contributed by atoms with Gasteiger partial charge in [0.25, 0.3) is 0 Å². The number of phenols is 1. The third-order valence-electron chi connectivity index (χ3n) is 2.68. The van der Waals surface area contributed by atoms with Crippen molar-refractivity contribution in [2.24, 2.45) is 0 Å². The molecule has 0 spiro atoms. The molecule has 0 saturated heterocycles. The van der Waals surface area contributed by atoms with Gasteiger partial charge in [-0.05, 0) is 36.1 Å². The molecule has 0 bridgehead atoms. The number of fused-ring (bicyclic) bond motifs is 1. The van der Waals surface area contributed by atoms with Gasteiger partial charge in [-0.1, -0.05) is 43.2 Å². The van der Waals surface area contributed by atoms with E-state index in [1.54, 1.807) is 6.07 Å².